The smallest absolute Gasteiger partial charge is 0.165 e. The lowest BCUT2D eigenvalue weighted by Crippen LogP contribution is -2.17. The molecule has 0 aliphatic rings. The molecule has 2 heterocycles. The molecule has 0 saturated carbocycles. The quantitative estimate of drug-likeness (QED) is 0.705. The van der Waals surface area contributed by atoms with Crippen molar-refractivity contribution < 1.29 is 0 Å². The molecule has 0 aliphatic heterocycles. The van der Waals surface area contributed by atoms with Crippen molar-refractivity contribution in [3.8, 4) is 0 Å². The van der Waals surface area contributed by atoms with Crippen LogP contribution in [0, 0.1) is 0 Å². The Labute approximate surface area is 82.4 Å². The lowest BCUT2D eigenvalue weighted by Gasteiger charge is -2.14. The Balaban J connectivity index is 2.65. The maximum Gasteiger partial charge on any atom is 0.165 e. The molecule has 74 valence electrons. The summed E-state index contributed by atoms with van der Waals surface area (Å²) in [5.41, 5.74) is 1.73. The zero-order valence-electron chi connectivity index (χ0n) is 8.60. The summed E-state index contributed by atoms with van der Waals surface area (Å²) >= 11 is 0. The van der Waals surface area contributed by atoms with Gasteiger partial charge in [0, 0.05) is 20.6 Å². The third kappa shape index (κ3) is 1.21. The van der Waals surface area contributed by atoms with Crippen LogP contribution in [-0.4, -0.2) is 33.1 Å². The highest BCUT2D eigenvalue weighted by Gasteiger charge is 2.10. The van der Waals surface area contributed by atoms with Gasteiger partial charge in [0.1, 0.15) is 6.33 Å². The molecular weight excluding hydrogens is 178 g/mol. The van der Waals surface area contributed by atoms with Gasteiger partial charge in [-0.15, -0.1) is 0 Å². The first-order chi connectivity index (χ1) is 6.74. The Hall–Kier alpha value is -1.65. The number of aryl methyl sites for hydroxylation is 1. The lowest BCUT2D eigenvalue weighted by atomic mass is 10.4. The zero-order valence-corrected chi connectivity index (χ0v) is 8.60. The monoisotopic (exact) mass is 191 g/mol. The van der Waals surface area contributed by atoms with Gasteiger partial charge in [-0.2, -0.15) is 0 Å². The third-order valence-corrected chi connectivity index (χ3v) is 2.31. The van der Waals surface area contributed by atoms with Crippen LogP contribution in [0.4, 0.5) is 5.82 Å². The van der Waals surface area contributed by atoms with E-state index in [4.69, 9.17) is 0 Å². The predicted octanol–water partition coefficient (Wildman–Crippen LogP) is 0.819. The fourth-order valence-corrected chi connectivity index (χ4v) is 1.36. The summed E-state index contributed by atoms with van der Waals surface area (Å²) in [5.74, 6) is 0.887. The maximum absolute atomic E-state index is 4.28. The van der Waals surface area contributed by atoms with Gasteiger partial charge in [0.25, 0.3) is 0 Å². The minimum absolute atomic E-state index is 0.861. The molecular formula is C9H13N5. The normalized spacial score (nSPS) is 10.8. The number of nitrogens with zero attached hydrogens (tertiary/aromatic N) is 5. The fourth-order valence-electron chi connectivity index (χ4n) is 1.36. The van der Waals surface area contributed by atoms with Crippen molar-refractivity contribution in [2.45, 2.75) is 6.92 Å². The van der Waals surface area contributed by atoms with Crippen LogP contribution < -0.4 is 4.90 Å². The van der Waals surface area contributed by atoms with Crippen LogP contribution in [0.5, 0.6) is 0 Å². The molecule has 0 atom stereocenters. The molecule has 0 amide bonds. The second-order valence-electron chi connectivity index (χ2n) is 3.24. The summed E-state index contributed by atoms with van der Waals surface area (Å²) in [5, 5.41) is 0. The third-order valence-electron chi connectivity index (χ3n) is 2.31. The van der Waals surface area contributed by atoms with E-state index in [1.54, 1.807) is 12.7 Å². The summed E-state index contributed by atoms with van der Waals surface area (Å²) in [6.07, 6.45) is 3.33. The van der Waals surface area contributed by atoms with Gasteiger partial charge in [0.05, 0.1) is 6.33 Å². The SMILES string of the molecule is CCN(C)c1ncnc2c1ncn2C. The van der Waals surface area contributed by atoms with Crippen molar-refractivity contribution >= 4 is 17.0 Å². The van der Waals surface area contributed by atoms with E-state index >= 15 is 0 Å². The van der Waals surface area contributed by atoms with Crippen LogP contribution in [0.3, 0.4) is 0 Å². The van der Waals surface area contributed by atoms with Gasteiger partial charge < -0.3 is 9.47 Å². The van der Waals surface area contributed by atoms with E-state index in [9.17, 15) is 0 Å². The molecule has 0 aliphatic carbocycles. The van der Waals surface area contributed by atoms with Crippen molar-refractivity contribution in [3.63, 3.8) is 0 Å². The second-order valence-corrected chi connectivity index (χ2v) is 3.24. The first-order valence-electron chi connectivity index (χ1n) is 4.57. The number of hydrogen-bond donors (Lipinski definition) is 0. The predicted molar refractivity (Wildman–Crippen MR) is 55.2 cm³/mol. The summed E-state index contributed by atoms with van der Waals surface area (Å²) in [6.45, 7) is 2.99. The molecule has 0 bridgehead atoms. The van der Waals surface area contributed by atoms with Crippen LogP contribution in [0.2, 0.25) is 0 Å². The molecule has 2 rings (SSSR count). The highest BCUT2D eigenvalue weighted by Crippen LogP contribution is 2.18. The van der Waals surface area contributed by atoms with Crippen molar-refractivity contribution in [1.29, 1.82) is 0 Å². The van der Waals surface area contributed by atoms with Gasteiger partial charge in [-0.1, -0.05) is 0 Å². The zero-order chi connectivity index (χ0) is 10.1. The minimum atomic E-state index is 0.861. The maximum atomic E-state index is 4.28. The van der Waals surface area contributed by atoms with Crippen molar-refractivity contribution in [2.24, 2.45) is 7.05 Å². The molecule has 0 unspecified atom stereocenters. The minimum Gasteiger partial charge on any atom is -0.358 e. The molecule has 0 fully saturated rings. The van der Waals surface area contributed by atoms with Crippen molar-refractivity contribution in [1.82, 2.24) is 19.5 Å². The number of aromatic nitrogens is 4. The molecule has 0 spiro atoms. The van der Waals surface area contributed by atoms with E-state index in [1.165, 1.54) is 0 Å². The van der Waals surface area contributed by atoms with Gasteiger partial charge in [-0.3, -0.25) is 0 Å². The first kappa shape index (κ1) is 8.93. The van der Waals surface area contributed by atoms with E-state index in [2.05, 4.69) is 26.8 Å². The molecule has 2 aromatic rings. The fraction of sp³-hybridized carbons (Fsp3) is 0.444. The van der Waals surface area contributed by atoms with E-state index in [0.717, 1.165) is 23.5 Å². The number of hydrogen-bond acceptors (Lipinski definition) is 4. The van der Waals surface area contributed by atoms with Crippen LogP contribution in [0.1, 0.15) is 6.92 Å². The molecule has 0 radical (unpaired) electrons. The molecule has 0 saturated heterocycles. The van der Waals surface area contributed by atoms with E-state index in [1.807, 2.05) is 18.7 Å². The van der Waals surface area contributed by atoms with Gasteiger partial charge >= 0.3 is 0 Å². The molecule has 5 nitrogen and oxygen atoms in total. The Morgan fingerprint density at radius 1 is 1.36 bits per heavy atom. The first-order valence-corrected chi connectivity index (χ1v) is 4.57. The van der Waals surface area contributed by atoms with Crippen LogP contribution >= 0.6 is 0 Å². The van der Waals surface area contributed by atoms with Crippen LogP contribution in [-0.2, 0) is 7.05 Å². The number of rotatable bonds is 2. The topological polar surface area (TPSA) is 46.8 Å². The van der Waals surface area contributed by atoms with E-state index in [0.29, 0.717) is 0 Å². The van der Waals surface area contributed by atoms with Gasteiger partial charge in [0.2, 0.25) is 0 Å². The molecule has 0 N–H and O–H groups in total. The standard InChI is InChI=1S/C9H13N5/c1-4-13(2)8-7-9(11-5-10-8)14(3)6-12-7/h5-6H,4H2,1-3H3. The lowest BCUT2D eigenvalue weighted by molar-refractivity contribution is 0.919. The van der Waals surface area contributed by atoms with E-state index < -0.39 is 0 Å². The Morgan fingerprint density at radius 3 is 2.86 bits per heavy atom. The Kier molecular flexibility index (Phi) is 2.07. The average Bonchev–Trinajstić information content (AvgIpc) is 2.59. The highest BCUT2D eigenvalue weighted by molar-refractivity contribution is 5.82. The Morgan fingerprint density at radius 2 is 2.14 bits per heavy atom. The summed E-state index contributed by atoms with van der Waals surface area (Å²) in [6, 6.07) is 0. The second kappa shape index (κ2) is 3.25. The highest BCUT2D eigenvalue weighted by atomic mass is 15.2. The summed E-state index contributed by atoms with van der Waals surface area (Å²) < 4.78 is 1.89. The summed E-state index contributed by atoms with van der Waals surface area (Å²) in [4.78, 5) is 14.7. The largest absolute Gasteiger partial charge is 0.358 e. The van der Waals surface area contributed by atoms with E-state index in [-0.39, 0.29) is 0 Å². The van der Waals surface area contributed by atoms with Crippen LogP contribution in [0.15, 0.2) is 12.7 Å². The van der Waals surface area contributed by atoms with Crippen LogP contribution in [0.25, 0.3) is 11.2 Å². The molecule has 5 heteroatoms. The average molecular weight is 191 g/mol. The molecule has 0 aromatic carbocycles. The van der Waals surface area contributed by atoms with Gasteiger partial charge in [0.15, 0.2) is 17.0 Å². The van der Waals surface area contributed by atoms with Gasteiger partial charge in [-0.05, 0) is 6.92 Å². The Bertz CT molecular complexity index is 447. The molecule has 2 aromatic heterocycles. The molecule has 14 heavy (non-hydrogen) atoms. The van der Waals surface area contributed by atoms with Crippen molar-refractivity contribution in [2.75, 3.05) is 18.5 Å². The number of fused-ring (bicyclic) bond motifs is 1. The number of anilines is 1. The number of imidazole rings is 1. The van der Waals surface area contributed by atoms with Crippen molar-refractivity contribution in [3.05, 3.63) is 12.7 Å². The summed E-state index contributed by atoms with van der Waals surface area (Å²) in [7, 11) is 3.93. The van der Waals surface area contributed by atoms with Gasteiger partial charge in [-0.25, -0.2) is 15.0 Å².